The maximum atomic E-state index is 13.5. The lowest BCUT2D eigenvalue weighted by Gasteiger charge is -2.30. The monoisotopic (exact) mass is 469 g/mol. The van der Waals surface area contributed by atoms with E-state index in [1.54, 1.807) is 29.9 Å². The molecule has 0 fully saturated rings. The Morgan fingerprint density at radius 1 is 1.25 bits per heavy atom. The van der Waals surface area contributed by atoms with Crippen LogP contribution in [0, 0.1) is 12.7 Å². The van der Waals surface area contributed by atoms with Crippen LogP contribution in [0.3, 0.4) is 0 Å². The molecule has 0 aliphatic carbocycles. The van der Waals surface area contributed by atoms with Crippen molar-refractivity contribution in [1.29, 1.82) is 0 Å². The Kier molecular flexibility index (Phi) is 5.74. The first kappa shape index (κ1) is 22.3. The lowest BCUT2D eigenvalue weighted by Crippen LogP contribution is -2.41. The first-order valence-electron chi connectivity index (χ1n) is 10.1. The van der Waals surface area contributed by atoms with Crippen LogP contribution >= 0.6 is 11.6 Å². The van der Waals surface area contributed by atoms with Gasteiger partial charge in [0.1, 0.15) is 11.9 Å². The standard InChI is InChI=1S/C21H20ClF4N5O/c1-3-15(30-12(2)18(22)19(28-30)21(24,25)26)20(32)29-10-4-5-16-17(29)11-27-31(16)14-8-6-13(23)7-9-14/h6-9,11,15H,3-5,10H2,1-2H3. The van der Waals surface area contributed by atoms with Crippen molar-refractivity contribution >= 4 is 23.2 Å². The third-order valence-corrected chi connectivity index (χ3v) is 6.04. The maximum absolute atomic E-state index is 13.5. The van der Waals surface area contributed by atoms with E-state index in [4.69, 9.17) is 11.6 Å². The van der Waals surface area contributed by atoms with Crippen molar-refractivity contribution in [2.24, 2.45) is 0 Å². The summed E-state index contributed by atoms with van der Waals surface area (Å²) in [7, 11) is 0. The first-order chi connectivity index (χ1) is 15.1. The van der Waals surface area contributed by atoms with Crippen molar-refractivity contribution in [1.82, 2.24) is 19.6 Å². The molecule has 1 amide bonds. The highest BCUT2D eigenvalue weighted by atomic mass is 35.5. The van der Waals surface area contributed by atoms with Gasteiger partial charge in [-0.05, 0) is 50.5 Å². The summed E-state index contributed by atoms with van der Waals surface area (Å²) in [6, 6.07) is 4.87. The summed E-state index contributed by atoms with van der Waals surface area (Å²) in [5.41, 5.74) is 0.886. The Morgan fingerprint density at radius 3 is 2.53 bits per heavy atom. The van der Waals surface area contributed by atoms with E-state index >= 15 is 0 Å². The maximum Gasteiger partial charge on any atom is 0.436 e. The fourth-order valence-corrected chi connectivity index (χ4v) is 4.23. The SMILES string of the molecule is CCC(C(=O)N1CCCc2c1cnn2-c1ccc(F)cc1)n1nc(C(F)(F)F)c(Cl)c1C. The molecule has 2 aromatic heterocycles. The molecule has 0 N–H and O–H groups in total. The second-order valence-corrected chi connectivity index (χ2v) is 7.95. The number of amides is 1. The number of hydrogen-bond donors (Lipinski definition) is 0. The minimum absolute atomic E-state index is 0.0819. The van der Waals surface area contributed by atoms with E-state index < -0.39 is 22.9 Å². The average molecular weight is 470 g/mol. The van der Waals surface area contributed by atoms with Crippen molar-refractivity contribution in [2.75, 3.05) is 11.4 Å². The van der Waals surface area contributed by atoms with Gasteiger partial charge in [-0.15, -0.1) is 0 Å². The largest absolute Gasteiger partial charge is 0.436 e. The Morgan fingerprint density at radius 2 is 1.94 bits per heavy atom. The molecule has 1 unspecified atom stereocenters. The number of carbonyl (C=O) groups excluding carboxylic acids is 1. The van der Waals surface area contributed by atoms with Gasteiger partial charge >= 0.3 is 6.18 Å². The number of alkyl halides is 3. The van der Waals surface area contributed by atoms with Crippen LogP contribution < -0.4 is 4.90 Å². The quantitative estimate of drug-likeness (QED) is 0.498. The Balaban J connectivity index is 1.70. The summed E-state index contributed by atoms with van der Waals surface area (Å²) >= 11 is 5.89. The predicted molar refractivity (Wildman–Crippen MR) is 111 cm³/mol. The molecule has 1 atom stereocenters. The van der Waals surface area contributed by atoms with Crippen molar-refractivity contribution < 1.29 is 22.4 Å². The van der Waals surface area contributed by atoms with Crippen molar-refractivity contribution in [3.63, 3.8) is 0 Å². The number of fused-ring (bicyclic) bond motifs is 1. The smallest absolute Gasteiger partial charge is 0.307 e. The summed E-state index contributed by atoms with van der Waals surface area (Å²) < 4.78 is 55.8. The van der Waals surface area contributed by atoms with Crippen LogP contribution in [0.1, 0.15) is 42.9 Å². The Bertz CT molecular complexity index is 1150. The van der Waals surface area contributed by atoms with Gasteiger partial charge in [-0.25, -0.2) is 9.07 Å². The van der Waals surface area contributed by atoms with Crippen molar-refractivity contribution in [3.05, 3.63) is 58.4 Å². The van der Waals surface area contributed by atoms with E-state index in [1.165, 1.54) is 24.0 Å². The lowest BCUT2D eigenvalue weighted by molar-refractivity contribution is -0.141. The molecule has 0 saturated carbocycles. The molecule has 0 saturated heterocycles. The fourth-order valence-electron chi connectivity index (χ4n) is 4.00. The Labute approximate surface area is 186 Å². The zero-order valence-corrected chi connectivity index (χ0v) is 18.1. The molecule has 0 spiro atoms. The summed E-state index contributed by atoms with van der Waals surface area (Å²) in [4.78, 5) is 15.0. The van der Waals surface area contributed by atoms with Gasteiger partial charge in [-0.1, -0.05) is 18.5 Å². The normalized spacial score (nSPS) is 15.0. The number of hydrogen-bond acceptors (Lipinski definition) is 3. The number of nitrogens with zero attached hydrogens (tertiary/aromatic N) is 5. The fraction of sp³-hybridized carbons (Fsp3) is 0.381. The summed E-state index contributed by atoms with van der Waals surface area (Å²) in [5, 5.41) is 7.50. The second kappa shape index (κ2) is 8.23. The van der Waals surface area contributed by atoms with Gasteiger partial charge in [0.2, 0.25) is 0 Å². The van der Waals surface area contributed by atoms with Crippen LogP contribution in [0.2, 0.25) is 5.02 Å². The summed E-state index contributed by atoms with van der Waals surface area (Å²) in [5.74, 6) is -0.757. The summed E-state index contributed by atoms with van der Waals surface area (Å²) in [6.07, 6.45) is -1.64. The van der Waals surface area contributed by atoms with E-state index in [1.807, 2.05) is 0 Å². The molecular weight excluding hydrogens is 450 g/mol. The molecule has 0 bridgehead atoms. The first-order valence-corrected chi connectivity index (χ1v) is 10.5. The van der Waals surface area contributed by atoms with E-state index in [9.17, 15) is 22.4 Å². The zero-order chi connectivity index (χ0) is 23.2. The number of rotatable bonds is 4. The van der Waals surface area contributed by atoms with E-state index in [-0.39, 0.29) is 23.8 Å². The minimum Gasteiger partial charge on any atom is -0.307 e. The molecule has 1 aliphatic heterocycles. The number of anilines is 1. The molecular formula is C21H20ClF4N5O. The molecule has 4 rings (SSSR count). The van der Waals surface area contributed by atoms with Crippen LogP contribution in [0.5, 0.6) is 0 Å². The van der Waals surface area contributed by atoms with Crippen LogP contribution in [0.25, 0.3) is 5.69 Å². The van der Waals surface area contributed by atoms with Gasteiger partial charge in [0.15, 0.2) is 5.69 Å². The molecule has 11 heteroatoms. The van der Waals surface area contributed by atoms with Gasteiger partial charge < -0.3 is 4.90 Å². The van der Waals surface area contributed by atoms with Crippen LogP contribution in [0.4, 0.5) is 23.2 Å². The van der Waals surface area contributed by atoms with Crippen LogP contribution in [0.15, 0.2) is 30.5 Å². The van der Waals surface area contributed by atoms with Crippen LogP contribution in [-0.4, -0.2) is 32.0 Å². The van der Waals surface area contributed by atoms with Crippen LogP contribution in [-0.2, 0) is 17.4 Å². The van der Waals surface area contributed by atoms with E-state index in [2.05, 4.69) is 10.2 Å². The summed E-state index contributed by atoms with van der Waals surface area (Å²) in [6.45, 7) is 3.52. The molecule has 0 radical (unpaired) electrons. The number of carbonyl (C=O) groups is 1. The molecule has 32 heavy (non-hydrogen) atoms. The predicted octanol–water partition coefficient (Wildman–Crippen LogP) is 5.12. The molecule has 1 aromatic carbocycles. The lowest BCUT2D eigenvalue weighted by atomic mass is 10.1. The third-order valence-electron chi connectivity index (χ3n) is 5.58. The minimum atomic E-state index is -4.72. The van der Waals surface area contributed by atoms with Crippen molar-refractivity contribution in [3.8, 4) is 5.69 Å². The molecule has 3 aromatic rings. The number of benzene rings is 1. The molecule has 1 aliphatic rings. The second-order valence-electron chi connectivity index (χ2n) is 7.57. The van der Waals surface area contributed by atoms with Crippen molar-refractivity contribution in [2.45, 2.75) is 45.3 Å². The van der Waals surface area contributed by atoms with E-state index in [0.717, 1.165) is 10.4 Å². The average Bonchev–Trinajstić information content (AvgIpc) is 3.31. The van der Waals surface area contributed by atoms with Gasteiger partial charge in [-0.2, -0.15) is 23.4 Å². The number of halogens is 5. The molecule has 170 valence electrons. The van der Waals surface area contributed by atoms with Gasteiger partial charge in [0.25, 0.3) is 5.91 Å². The highest BCUT2D eigenvalue weighted by Crippen LogP contribution is 2.37. The van der Waals surface area contributed by atoms with Gasteiger partial charge in [0.05, 0.1) is 34.0 Å². The molecule has 3 heterocycles. The highest BCUT2D eigenvalue weighted by molar-refractivity contribution is 6.32. The van der Waals surface area contributed by atoms with Gasteiger partial charge in [-0.3, -0.25) is 9.48 Å². The van der Waals surface area contributed by atoms with Gasteiger partial charge in [0, 0.05) is 6.54 Å². The zero-order valence-electron chi connectivity index (χ0n) is 17.3. The third kappa shape index (κ3) is 3.76. The van der Waals surface area contributed by atoms with E-state index in [0.29, 0.717) is 30.8 Å². The number of aromatic nitrogens is 4. The topological polar surface area (TPSA) is 56.0 Å². The molecule has 6 nitrogen and oxygen atoms in total. The Hall–Kier alpha value is -2.88. The highest BCUT2D eigenvalue weighted by Gasteiger charge is 2.40.